The van der Waals surface area contributed by atoms with Crippen LogP contribution in [0.2, 0.25) is 0 Å². The zero-order valence-corrected chi connectivity index (χ0v) is 15.6. The van der Waals surface area contributed by atoms with E-state index in [1.165, 1.54) is 50.9 Å². The fourth-order valence-electron chi connectivity index (χ4n) is 6.29. The second-order valence-corrected chi connectivity index (χ2v) is 9.31. The summed E-state index contributed by atoms with van der Waals surface area (Å²) >= 11 is 0. The number of pyridine rings is 1. The van der Waals surface area contributed by atoms with Crippen LogP contribution in [0.4, 0.5) is 0 Å². The van der Waals surface area contributed by atoms with Crippen molar-refractivity contribution >= 4 is 0 Å². The van der Waals surface area contributed by atoms with Gasteiger partial charge in [-0.05, 0) is 57.0 Å². The summed E-state index contributed by atoms with van der Waals surface area (Å²) in [6.45, 7) is 5.64. The molecule has 0 radical (unpaired) electrons. The lowest BCUT2D eigenvalue weighted by Gasteiger charge is -2.39. The van der Waals surface area contributed by atoms with Gasteiger partial charge in [-0.3, -0.25) is 9.80 Å². The van der Waals surface area contributed by atoms with Gasteiger partial charge in [0.1, 0.15) is 17.1 Å². The van der Waals surface area contributed by atoms with E-state index in [9.17, 15) is 0 Å². The molecule has 0 N–H and O–H groups in total. The molecule has 2 aromatic rings. The molecule has 7 rings (SSSR count). The number of likely N-dealkylation sites (tertiary alicyclic amines) is 1. The number of hydrogen-bond donors (Lipinski definition) is 0. The molecule has 0 amide bonds. The van der Waals surface area contributed by atoms with Crippen molar-refractivity contribution < 1.29 is 9.15 Å². The molecule has 0 bridgehead atoms. The van der Waals surface area contributed by atoms with Gasteiger partial charge in [0.15, 0.2) is 0 Å². The molecule has 140 valence electrons. The predicted molar refractivity (Wildman–Crippen MR) is 101 cm³/mol. The molecule has 3 atom stereocenters. The van der Waals surface area contributed by atoms with E-state index in [1.807, 2.05) is 6.20 Å². The molecule has 1 saturated carbocycles. The first-order valence-electron chi connectivity index (χ1n) is 10.5. The highest BCUT2D eigenvalue weighted by Gasteiger charge is 2.77. The number of rotatable bonds is 3. The molecule has 4 aliphatic heterocycles. The maximum absolute atomic E-state index is 6.48. The highest BCUT2D eigenvalue weighted by atomic mass is 16.5. The maximum Gasteiger partial charge on any atom is 0.217 e. The Labute approximate surface area is 159 Å². The monoisotopic (exact) mass is 363 g/mol. The first-order valence-corrected chi connectivity index (χ1v) is 10.5. The third-order valence-corrected chi connectivity index (χ3v) is 7.82. The topological polar surface area (TPSA) is 41.7 Å². The molecule has 2 spiro atoms. The van der Waals surface area contributed by atoms with Crippen molar-refractivity contribution in [1.82, 2.24) is 14.8 Å². The van der Waals surface area contributed by atoms with Crippen molar-refractivity contribution in [3.8, 4) is 17.2 Å². The third kappa shape index (κ3) is 1.99. The molecule has 5 nitrogen and oxygen atoms in total. The molecule has 5 heteroatoms. The quantitative estimate of drug-likeness (QED) is 0.838. The second-order valence-electron chi connectivity index (χ2n) is 9.31. The standard InChI is InChI=1S/C22H25N3O2/c1-2-7-24(6-1)13-17-3-4-18(26-17)16-9-15-10-22(27-20(15)23-12-16)14-25-8-5-21(25)11-19(21)22/h3-4,9,12,19H,1-2,5-8,10-11,13-14H2/t19?,21?,22-/m0/s1. The van der Waals surface area contributed by atoms with E-state index < -0.39 is 0 Å². The molecule has 2 aromatic heterocycles. The van der Waals surface area contributed by atoms with Crippen LogP contribution in [0.15, 0.2) is 28.8 Å². The zero-order valence-electron chi connectivity index (χ0n) is 15.6. The van der Waals surface area contributed by atoms with Crippen LogP contribution in [0.3, 0.4) is 0 Å². The second kappa shape index (κ2) is 4.95. The Bertz CT molecular complexity index is 933. The summed E-state index contributed by atoms with van der Waals surface area (Å²) in [6.07, 6.45) is 8.24. The lowest BCUT2D eigenvalue weighted by molar-refractivity contribution is 0.0450. The smallest absolute Gasteiger partial charge is 0.217 e. The van der Waals surface area contributed by atoms with Crippen LogP contribution in [-0.2, 0) is 13.0 Å². The minimum atomic E-state index is -0.00542. The normalized spacial score (nSPS) is 36.4. The van der Waals surface area contributed by atoms with Gasteiger partial charge in [0.2, 0.25) is 5.88 Å². The summed E-state index contributed by atoms with van der Waals surface area (Å²) in [5.74, 6) is 3.55. The summed E-state index contributed by atoms with van der Waals surface area (Å²) in [7, 11) is 0. The molecular formula is C22H25N3O2. The fraction of sp³-hybridized carbons (Fsp3) is 0.591. The van der Waals surface area contributed by atoms with E-state index in [4.69, 9.17) is 9.15 Å². The molecule has 1 aliphatic carbocycles. The Hall–Kier alpha value is -1.85. The predicted octanol–water partition coefficient (Wildman–Crippen LogP) is 3.09. The van der Waals surface area contributed by atoms with Crippen LogP contribution in [0.1, 0.15) is 37.0 Å². The van der Waals surface area contributed by atoms with Gasteiger partial charge in [0.25, 0.3) is 0 Å². The van der Waals surface area contributed by atoms with Gasteiger partial charge in [-0.1, -0.05) is 0 Å². The van der Waals surface area contributed by atoms with E-state index >= 15 is 0 Å². The number of ether oxygens (including phenoxy) is 1. The highest BCUT2D eigenvalue weighted by Crippen LogP contribution is 2.68. The van der Waals surface area contributed by atoms with Gasteiger partial charge in [0, 0.05) is 48.3 Å². The first-order chi connectivity index (χ1) is 13.2. The summed E-state index contributed by atoms with van der Waals surface area (Å²) < 4.78 is 12.6. The van der Waals surface area contributed by atoms with Gasteiger partial charge >= 0.3 is 0 Å². The van der Waals surface area contributed by atoms with Crippen molar-refractivity contribution in [1.29, 1.82) is 0 Å². The first kappa shape index (κ1) is 15.1. The van der Waals surface area contributed by atoms with Gasteiger partial charge in [-0.15, -0.1) is 0 Å². The summed E-state index contributed by atoms with van der Waals surface area (Å²) in [6, 6.07) is 6.46. The molecule has 27 heavy (non-hydrogen) atoms. The van der Waals surface area contributed by atoms with Crippen molar-refractivity contribution in [2.75, 3.05) is 26.2 Å². The van der Waals surface area contributed by atoms with Crippen LogP contribution in [-0.4, -0.2) is 52.1 Å². The number of fused-ring (bicyclic) bond motifs is 2. The minimum absolute atomic E-state index is 0.00542. The largest absolute Gasteiger partial charge is 0.469 e. The Morgan fingerprint density at radius 1 is 1.19 bits per heavy atom. The van der Waals surface area contributed by atoms with Gasteiger partial charge < -0.3 is 9.15 Å². The molecule has 0 aromatic carbocycles. The number of hydrogen-bond acceptors (Lipinski definition) is 5. The number of furan rings is 1. The van der Waals surface area contributed by atoms with Crippen molar-refractivity contribution in [2.24, 2.45) is 5.92 Å². The SMILES string of the molecule is c1nc2c(cc1-c1ccc(CN3CCCC3)o1)C[C@@]1(CN3CCC34CC41)O2. The van der Waals surface area contributed by atoms with E-state index in [0.717, 1.165) is 42.5 Å². The van der Waals surface area contributed by atoms with Crippen molar-refractivity contribution in [2.45, 2.75) is 49.8 Å². The van der Waals surface area contributed by atoms with Crippen LogP contribution in [0, 0.1) is 5.92 Å². The number of nitrogens with zero attached hydrogens (tertiary/aromatic N) is 3. The minimum Gasteiger partial charge on any atom is -0.469 e. The molecule has 3 saturated heterocycles. The molecule has 2 unspecified atom stereocenters. The van der Waals surface area contributed by atoms with E-state index in [-0.39, 0.29) is 5.60 Å². The van der Waals surface area contributed by atoms with Gasteiger partial charge in [0.05, 0.1) is 6.54 Å². The maximum atomic E-state index is 6.48. The Morgan fingerprint density at radius 3 is 2.85 bits per heavy atom. The lowest BCUT2D eigenvalue weighted by atomic mass is 9.92. The average molecular weight is 363 g/mol. The van der Waals surface area contributed by atoms with Crippen molar-refractivity contribution in [3.63, 3.8) is 0 Å². The van der Waals surface area contributed by atoms with E-state index in [1.54, 1.807) is 0 Å². The fourth-order valence-corrected chi connectivity index (χ4v) is 6.29. The Balaban J connectivity index is 1.14. The van der Waals surface area contributed by atoms with Crippen LogP contribution in [0.25, 0.3) is 11.3 Å². The summed E-state index contributed by atoms with van der Waals surface area (Å²) in [4.78, 5) is 9.80. The van der Waals surface area contributed by atoms with Crippen molar-refractivity contribution in [3.05, 3.63) is 35.7 Å². The lowest BCUT2D eigenvalue weighted by Crippen LogP contribution is -2.49. The zero-order chi connectivity index (χ0) is 17.6. The molecule has 6 heterocycles. The Kier molecular flexibility index (Phi) is 2.77. The third-order valence-electron chi connectivity index (χ3n) is 7.82. The molecule has 5 aliphatic rings. The van der Waals surface area contributed by atoms with Crippen LogP contribution >= 0.6 is 0 Å². The Morgan fingerprint density at radius 2 is 2.11 bits per heavy atom. The molecular weight excluding hydrogens is 338 g/mol. The van der Waals surface area contributed by atoms with Crippen LogP contribution < -0.4 is 4.74 Å². The molecule has 4 fully saturated rings. The number of aromatic nitrogens is 1. The van der Waals surface area contributed by atoms with Crippen LogP contribution in [0.5, 0.6) is 5.88 Å². The highest BCUT2D eigenvalue weighted by molar-refractivity contribution is 5.59. The number of piperidine rings is 1. The van der Waals surface area contributed by atoms with Gasteiger partial charge in [-0.2, -0.15) is 0 Å². The average Bonchev–Trinajstić information content (AvgIpc) is 3.01. The summed E-state index contributed by atoms with van der Waals surface area (Å²) in [5, 5.41) is 0. The van der Waals surface area contributed by atoms with E-state index in [2.05, 4.69) is 33.0 Å². The van der Waals surface area contributed by atoms with E-state index in [0.29, 0.717) is 11.5 Å². The summed E-state index contributed by atoms with van der Waals surface area (Å²) in [5.41, 5.74) is 2.84. The van der Waals surface area contributed by atoms with Gasteiger partial charge in [-0.25, -0.2) is 4.98 Å².